The lowest BCUT2D eigenvalue weighted by Crippen LogP contribution is -2.38. The molecule has 0 bridgehead atoms. The van der Waals surface area contributed by atoms with Crippen molar-refractivity contribution in [2.45, 2.75) is 25.6 Å². The normalized spacial score (nSPS) is 15.6. The minimum Gasteiger partial charge on any atom is -0.454 e. The maximum Gasteiger partial charge on any atom is 0.253 e. The lowest BCUT2D eigenvalue weighted by Gasteiger charge is -2.34. The molecule has 0 fully saturated rings. The van der Waals surface area contributed by atoms with E-state index in [-0.39, 0.29) is 12.4 Å². The van der Waals surface area contributed by atoms with Gasteiger partial charge in [-0.3, -0.25) is 9.69 Å². The van der Waals surface area contributed by atoms with Gasteiger partial charge in [0.2, 0.25) is 6.79 Å². The molecule has 184 valence electrons. The number of tetrazole rings is 1. The van der Waals surface area contributed by atoms with Gasteiger partial charge < -0.3 is 14.5 Å². The molecule has 9 heteroatoms. The second-order valence-electron chi connectivity index (χ2n) is 9.42. The van der Waals surface area contributed by atoms with Crippen LogP contribution >= 0.6 is 0 Å². The van der Waals surface area contributed by atoms with Gasteiger partial charge in [-0.1, -0.05) is 54.6 Å². The summed E-state index contributed by atoms with van der Waals surface area (Å²) in [5.41, 5.74) is 4.78. The molecule has 9 nitrogen and oxygen atoms in total. The van der Waals surface area contributed by atoms with E-state index in [4.69, 9.17) is 9.47 Å². The smallest absolute Gasteiger partial charge is 0.253 e. The molecule has 2 aromatic heterocycles. The number of pyridine rings is 1. The average Bonchev–Trinajstić information content (AvgIpc) is 3.58. The molecule has 1 N–H and O–H groups in total. The molecule has 37 heavy (non-hydrogen) atoms. The summed E-state index contributed by atoms with van der Waals surface area (Å²) >= 11 is 0. The summed E-state index contributed by atoms with van der Waals surface area (Å²) in [6.45, 7) is 2.15. The molecule has 5 aromatic rings. The maximum atomic E-state index is 13.6. The van der Waals surface area contributed by atoms with Crippen LogP contribution in [-0.2, 0) is 19.5 Å². The fourth-order valence-corrected chi connectivity index (χ4v) is 5.33. The van der Waals surface area contributed by atoms with Gasteiger partial charge in [-0.15, -0.1) is 5.10 Å². The van der Waals surface area contributed by atoms with Crippen LogP contribution in [0.1, 0.15) is 34.1 Å². The summed E-state index contributed by atoms with van der Waals surface area (Å²) in [6, 6.07) is 23.7. The minimum atomic E-state index is -0.439. The molecule has 0 saturated carbocycles. The van der Waals surface area contributed by atoms with Crippen molar-refractivity contribution in [1.29, 1.82) is 0 Å². The highest BCUT2D eigenvalue weighted by atomic mass is 16.7. The Balaban J connectivity index is 1.36. The molecule has 4 heterocycles. The lowest BCUT2D eigenvalue weighted by molar-refractivity contribution is 0.174. The van der Waals surface area contributed by atoms with Crippen LogP contribution in [-0.4, -0.2) is 43.4 Å². The highest BCUT2D eigenvalue weighted by Gasteiger charge is 2.33. The van der Waals surface area contributed by atoms with E-state index in [9.17, 15) is 4.79 Å². The van der Waals surface area contributed by atoms with Crippen molar-refractivity contribution in [1.82, 2.24) is 30.1 Å². The summed E-state index contributed by atoms with van der Waals surface area (Å²) in [5.74, 6) is 1.93. The number of H-pyrrole nitrogens is 1. The van der Waals surface area contributed by atoms with Gasteiger partial charge in [0.15, 0.2) is 17.3 Å². The minimum absolute atomic E-state index is 0.173. The number of benzene rings is 3. The lowest BCUT2D eigenvalue weighted by atomic mass is 9.96. The Morgan fingerprint density at radius 1 is 0.946 bits per heavy atom. The zero-order valence-corrected chi connectivity index (χ0v) is 20.0. The molecule has 1 atom stereocenters. The van der Waals surface area contributed by atoms with Crippen molar-refractivity contribution in [2.24, 2.45) is 0 Å². The zero-order chi connectivity index (χ0) is 24.8. The number of hydrogen-bond donors (Lipinski definition) is 1. The predicted molar refractivity (Wildman–Crippen MR) is 136 cm³/mol. The number of rotatable bonds is 5. The van der Waals surface area contributed by atoms with Gasteiger partial charge in [0.05, 0.1) is 12.1 Å². The monoisotopic (exact) mass is 492 g/mol. The first-order valence-electron chi connectivity index (χ1n) is 12.3. The maximum absolute atomic E-state index is 13.6. The van der Waals surface area contributed by atoms with Gasteiger partial charge in [-0.2, -0.15) is 0 Å². The third kappa shape index (κ3) is 3.93. The molecular weight excluding hydrogens is 468 g/mol. The number of hydrogen-bond acceptors (Lipinski definition) is 7. The molecule has 0 unspecified atom stereocenters. The highest BCUT2D eigenvalue weighted by Crippen LogP contribution is 2.37. The summed E-state index contributed by atoms with van der Waals surface area (Å²) in [6.07, 6.45) is 0.886. The molecule has 0 spiro atoms. The van der Waals surface area contributed by atoms with Crippen molar-refractivity contribution in [2.75, 3.05) is 13.3 Å². The van der Waals surface area contributed by atoms with E-state index < -0.39 is 6.04 Å². The topological polar surface area (TPSA) is 98.2 Å². The quantitative estimate of drug-likeness (QED) is 0.401. The number of nitrogens with one attached hydrogen (secondary N) is 1. The molecule has 3 aromatic carbocycles. The molecule has 0 amide bonds. The Labute approximate surface area is 212 Å². The van der Waals surface area contributed by atoms with Gasteiger partial charge >= 0.3 is 0 Å². The Hall–Kier alpha value is -4.50. The van der Waals surface area contributed by atoms with E-state index in [1.165, 1.54) is 11.1 Å². The average molecular weight is 493 g/mol. The molecule has 2 aliphatic heterocycles. The van der Waals surface area contributed by atoms with Crippen molar-refractivity contribution in [3.05, 3.63) is 111 Å². The number of aromatic nitrogens is 5. The summed E-state index contributed by atoms with van der Waals surface area (Å²) in [5, 5.41) is 13.7. The molecule has 0 aliphatic carbocycles. The second kappa shape index (κ2) is 8.86. The molecule has 2 aliphatic rings. The molecule has 0 saturated heterocycles. The van der Waals surface area contributed by atoms with Crippen LogP contribution in [0, 0.1) is 0 Å². The number of aromatic amines is 1. The van der Waals surface area contributed by atoms with Crippen LogP contribution in [0.3, 0.4) is 0 Å². The van der Waals surface area contributed by atoms with E-state index in [0.29, 0.717) is 41.5 Å². The first-order valence-corrected chi connectivity index (χ1v) is 12.3. The molecular formula is C28H24N6O3. The molecule has 7 rings (SSSR count). The summed E-state index contributed by atoms with van der Waals surface area (Å²) in [7, 11) is 0. The van der Waals surface area contributed by atoms with E-state index in [1.54, 1.807) is 4.68 Å². The standard InChI is InChI=1S/C28H24N6O3/c35-28-22(12-21-13-24-25(37-17-36-24)14-23(21)29-28)26(33-11-10-19-8-4-5-9-20(19)16-33)27-30-31-32-34(27)15-18-6-2-1-3-7-18/h1-9,12-14,26H,10-11,15-17H2,(H,29,35)/t26-/m1/s1. The number of ether oxygens (including phenoxy) is 2. The third-order valence-corrected chi connectivity index (χ3v) is 7.17. The van der Waals surface area contributed by atoms with Crippen molar-refractivity contribution < 1.29 is 9.47 Å². The Morgan fingerprint density at radius 3 is 2.59 bits per heavy atom. The number of nitrogens with zero attached hydrogens (tertiary/aromatic N) is 5. The van der Waals surface area contributed by atoms with E-state index in [0.717, 1.165) is 23.9 Å². The number of fused-ring (bicyclic) bond motifs is 3. The van der Waals surface area contributed by atoms with Gasteiger partial charge in [-0.25, -0.2) is 4.68 Å². The predicted octanol–water partition coefficient (Wildman–Crippen LogP) is 3.44. The molecule has 0 radical (unpaired) electrons. The van der Waals surface area contributed by atoms with E-state index >= 15 is 0 Å². The van der Waals surface area contributed by atoms with Crippen LogP contribution in [0.4, 0.5) is 0 Å². The van der Waals surface area contributed by atoms with Crippen LogP contribution in [0.2, 0.25) is 0 Å². The van der Waals surface area contributed by atoms with Crippen LogP contribution < -0.4 is 15.0 Å². The van der Waals surface area contributed by atoms with Crippen LogP contribution in [0.25, 0.3) is 10.9 Å². The van der Waals surface area contributed by atoms with Gasteiger partial charge in [0.1, 0.15) is 6.04 Å². The van der Waals surface area contributed by atoms with E-state index in [2.05, 4.69) is 49.7 Å². The summed E-state index contributed by atoms with van der Waals surface area (Å²) in [4.78, 5) is 18.9. The Bertz CT molecular complexity index is 1660. The zero-order valence-electron chi connectivity index (χ0n) is 20.0. The second-order valence-corrected chi connectivity index (χ2v) is 9.42. The van der Waals surface area contributed by atoms with E-state index in [1.807, 2.05) is 48.5 Å². The van der Waals surface area contributed by atoms with Gasteiger partial charge in [0.25, 0.3) is 5.56 Å². The SMILES string of the molecule is O=c1[nH]c2cc3c(cc2cc1[C@H](c1nnnn1Cc1ccccc1)N1CCc2ccccc2C1)OCO3. The van der Waals surface area contributed by atoms with Crippen LogP contribution in [0.15, 0.2) is 77.6 Å². The third-order valence-electron chi connectivity index (χ3n) is 7.17. The highest BCUT2D eigenvalue weighted by molar-refractivity contribution is 5.83. The van der Waals surface area contributed by atoms with Gasteiger partial charge in [-0.05, 0) is 45.7 Å². The first kappa shape index (κ1) is 21.8. The van der Waals surface area contributed by atoms with Crippen molar-refractivity contribution in [3.63, 3.8) is 0 Å². The Morgan fingerprint density at radius 2 is 1.73 bits per heavy atom. The fourth-order valence-electron chi connectivity index (χ4n) is 5.33. The largest absolute Gasteiger partial charge is 0.454 e. The van der Waals surface area contributed by atoms with Gasteiger partial charge in [0, 0.05) is 30.1 Å². The Kier molecular flexibility index (Phi) is 5.21. The summed E-state index contributed by atoms with van der Waals surface area (Å²) < 4.78 is 12.9. The van der Waals surface area contributed by atoms with Crippen molar-refractivity contribution >= 4 is 10.9 Å². The van der Waals surface area contributed by atoms with Crippen molar-refractivity contribution in [3.8, 4) is 11.5 Å². The fraction of sp³-hybridized carbons (Fsp3) is 0.214. The first-order chi connectivity index (χ1) is 18.2. The van der Waals surface area contributed by atoms with Crippen LogP contribution in [0.5, 0.6) is 11.5 Å².